The first-order valence-corrected chi connectivity index (χ1v) is 8.08. The SMILES string of the molecule is COc1c(F)cc(C(=O)NCC(C)C)cc1S(=O)(=O)Cl. The molecule has 0 atom stereocenters. The van der Waals surface area contributed by atoms with Crippen molar-refractivity contribution >= 4 is 25.6 Å². The highest BCUT2D eigenvalue weighted by Gasteiger charge is 2.23. The van der Waals surface area contributed by atoms with Gasteiger partial charge in [-0.3, -0.25) is 4.79 Å². The molecule has 0 aliphatic rings. The quantitative estimate of drug-likeness (QED) is 0.843. The lowest BCUT2D eigenvalue weighted by Gasteiger charge is -2.11. The number of carbonyl (C=O) groups is 1. The first kappa shape index (κ1) is 16.7. The number of methoxy groups -OCH3 is 1. The molecule has 0 bridgehead atoms. The number of halogens is 2. The molecule has 1 aromatic rings. The molecule has 0 aliphatic carbocycles. The number of benzene rings is 1. The number of nitrogens with one attached hydrogen (secondary N) is 1. The lowest BCUT2D eigenvalue weighted by atomic mass is 10.1. The highest BCUT2D eigenvalue weighted by Crippen LogP contribution is 2.30. The molecule has 0 aliphatic heterocycles. The minimum atomic E-state index is -4.23. The standard InChI is InChI=1S/C12H15ClFNO4S/c1-7(2)6-15-12(16)8-4-9(14)11(19-3)10(5-8)20(13,17)18/h4-5,7H,6H2,1-3H3,(H,15,16). The van der Waals surface area contributed by atoms with Gasteiger partial charge in [0.1, 0.15) is 4.90 Å². The van der Waals surface area contributed by atoms with Crippen LogP contribution in [0, 0.1) is 11.7 Å². The van der Waals surface area contributed by atoms with Crippen LogP contribution in [-0.4, -0.2) is 28.0 Å². The Labute approximate surface area is 121 Å². The van der Waals surface area contributed by atoms with Crippen LogP contribution in [0.4, 0.5) is 4.39 Å². The highest BCUT2D eigenvalue weighted by atomic mass is 35.7. The summed E-state index contributed by atoms with van der Waals surface area (Å²) in [5.74, 6) is -1.86. The fraction of sp³-hybridized carbons (Fsp3) is 0.417. The molecule has 0 saturated heterocycles. The summed E-state index contributed by atoms with van der Waals surface area (Å²) in [4.78, 5) is 11.3. The van der Waals surface area contributed by atoms with Crippen LogP contribution in [0.3, 0.4) is 0 Å². The predicted octanol–water partition coefficient (Wildman–Crippen LogP) is 2.15. The molecule has 0 spiro atoms. The molecule has 0 saturated carbocycles. The van der Waals surface area contributed by atoms with Gasteiger partial charge in [0.2, 0.25) is 0 Å². The van der Waals surface area contributed by atoms with Crippen molar-refractivity contribution in [2.75, 3.05) is 13.7 Å². The normalized spacial score (nSPS) is 11.5. The van der Waals surface area contributed by atoms with Gasteiger partial charge in [-0.1, -0.05) is 13.8 Å². The molecule has 0 fully saturated rings. The van der Waals surface area contributed by atoms with E-state index in [-0.39, 0.29) is 11.5 Å². The van der Waals surface area contributed by atoms with Crippen LogP contribution < -0.4 is 10.1 Å². The van der Waals surface area contributed by atoms with Crippen LogP contribution in [-0.2, 0) is 9.05 Å². The Morgan fingerprint density at radius 3 is 2.50 bits per heavy atom. The lowest BCUT2D eigenvalue weighted by Crippen LogP contribution is -2.27. The van der Waals surface area contributed by atoms with Crippen molar-refractivity contribution in [3.63, 3.8) is 0 Å². The number of ether oxygens (including phenoxy) is 1. The number of hydrogen-bond donors (Lipinski definition) is 1. The van der Waals surface area contributed by atoms with E-state index in [1.807, 2.05) is 13.8 Å². The third kappa shape index (κ3) is 4.08. The second kappa shape index (κ2) is 6.41. The number of amides is 1. The number of hydrogen-bond acceptors (Lipinski definition) is 4. The molecule has 8 heteroatoms. The van der Waals surface area contributed by atoms with Gasteiger partial charge in [-0.15, -0.1) is 0 Å². The molecule has 0 radical (unpaired) electrons. The molecule has 1 rings (SSSR count). The van der Waals surface area contributed by atoms with Crippen LogP contribution in [0.15, 0.2) is 17.0 Å². The highest BCUT2D eigenvalue weighted by molar-refractivity contribution is 8.13. The Morgan fingerprint density at radius 1 is 1.45 bits per heavy atom. The van der Waals surface area contributed by atoms with E-state index in [2.05, 4.69) is 10.1 Å². The topological polar surface area (TPSA) is 72.5 Å². The largest absolute Gasteiger partial charge is 0.492 e. The van der Waals surface area contributed by atoms with Crippen LogP contribution in [0.5, 0.6) is 5.75 Å². The molecule has 1 aromatic carbocycles. The van der Waals surface area contributed by atoms with Crippen molar-refractivity contribution in [1.82, 2.24) is 5.32 Å². The van der Waals surface area contributed by atoms with Crippen molar-refractivity contribution in [1.29, 1.82) is 0 Å². The van der Waals surface area contributed by atoms with E-state index in [1.54, 1.807) is 0 Å². The van der Waals surface area contributed by atoms with Gasteiger partial charge in [0, 0.05) is 22.8 Å². The summed E-state index contributed by atoms with van der Waals surface area (Å²) < 4.78 is 41.2. The van der Waals surface area contributed by atoms with E-state index < -0.39 is 31.4 Å². The van der Waals surface area contributed by atoms with Crippen molar-refractivity contribution in [2.45, 2.75) is 18.7 Å². The molecule has 5 nitrogen and oxygen atoms in total. The van der Waals surface area contributed by atoms with E-state index >= 15 is 0 Å². The van der Waals surface area contributed by atoms with E-state index in [9.17, 15) is 17.6 Å². The average Bonchev–Trinajstić information content (AvgIpc) is 2.33. The molecular formula is C12H15ClFNO4S. The van der Waals surface area contributed by atoms with Gasteiger partial charge in [-0.05, 0) is 18.1 Å². The fourth-order valence-electron chi connectivity index (χ4n) is 1.48. The first-order valence-electron chi connectivity index (χ1n) is 5.77. The van der Waals surface area contributed by atoms with Gasteiger partial charge in [0.25, 0.3) is 15.0 Å². The zero-order chi connectivity index (χ0) is 15.5. The molecule has 1 N–H and O–H groups in total. The number of rotatable bonds is 5. The maximum Gasteiger partial charge on any atom is 0.265 e. The molecule has 112 valence electrons. The summed E-state index contributed by atoms with van der Waals surface area (Å²) >= 11 is 0. The Balaban J connectivity index is 3.25. The van der Waals surface area contributed by atoms with Crippen molar-refractivity contribution in [3.05, 3.63) is 23.5 Å². The third-order valence-corrected chi connectivity index (χ3v) is 3.74. The summed E-state index contributed by atoms with van der Waals surface area (Å²) in [6.07, 6.45) is 0. The summed E-state index contributed by atoms with van der Waals surface area (Å²) in [6, 6.07) is 1.89. The molecule has 0 aromatic heterocycles. The maximum atomic E-state index is 13.8. The summed E-state index contributed by atoms with van der Waals surface area (Å²) in [6.45, 7) is 4.17. The van der Waals surface area contributed by atoms with E-state index in [0.717, 1.165) is 19.2 Å². The van der Waals surface area contributed by atoms with E-state index in [4.69, 9.17) is 10.7 Å². The van der Waals surface area contributed by atoms with Crippen LogP contribution in [0.25, 0.3) is 0 Å². The summed E-state index contributed by atoms with van der Waals surface area (Å²) in [5.41, 5.74) is -0.136. The zero-order valence-electron chi connectivity index (χ0n) is 11.2. The first-order chi connectivity index (χ1) is 9.16. The fourth-order valence-corrected chi connectivity index (χ4v) is 2.49. The smallest absolute Gasteiger partial charge is 0.265 e. The van der Waals surface area contributed by atoms with Gasteiger partial charge < -0.3 is 10.1 Å². The van der Waals surface area contributed by atoms with Crippen molar-refractivity contribution in [2.24, 2.45) is 5.92 Å². The summed E-state index contributed by atoms with van der Waals surface area (Å²) in [7, 11) is 2.10. The summed E-state index contributed by atoms with van der Waals surface area (Å²) in [5, 5.41) is 2.56. The third-order valence-electron chi connectivity index (χ3n) is 2.41. The van der Waals surface area contributed by atoms with Gasteiger partial charge in [0.15, 0.2) is 11.6 Å². The van der Waals surface area contributed by atoms with Crippen LogP contribution in [0.2, 0.25) is 0 Å². The number of carbonyl (C=O) groups excluding carboxylic acids is 1. The Kier molecular flexibility index (Phi) is 5.35. The molecule has 1 amide bonds. The van der Waals surface area contributed by atoms with E-state index in [0.29, 0.717) is 6.54 Å². The lowest BCUT2D eigenvalue weighted by molar-refractivity contribution is 0.0948. The van der Waals surface area contributed by atoms with Crippen LogP contribution in [0.1, 0.15) is 24.2 Å². The monoisotopic (exact) mass is 323 g/mol. The van der Waals surface area contributed by atoms with Crippen LogP contribution >= 0.6 is 10.7 Å². The van der Waals surface area contributed by atoms with Gasteiger partial charge in [-0.25, -0.2) is 12.8 Å². The van der Waals surface area contributed by atoms with Gasteiger partial charge in [0.05, 0.1) is 7.11 Å². The Bertz CT molecular complexity index is 616. The zero-order valence-corrected chi connectivity index (χ0v) is 12.8. The Hall–Kier alpha value is -1.34. The predicted molar refractivity (Wildman–Crippen MR) is 73.2 cm³/mol. The second-order valence-corrected chi connectivity index (χ2v) is 7.07. The molecule has 0 heterocycles. The molecule has 20 heavy (non-hydrogen) atoms. The Morgan fingerprint density at radius 2 is 2.05 bits per heavy atom. The second-order valence-electron chi connectivity index (χ2n) is 4.53. The van der Waals surface area contributed by atoms with Gasteiger partial charge >= 0.3 is 0 Å². The van der Waals surface area contributed by atoms with Gasteiger partial charge in [-0.2, -0.15) is 0 Å². The molecule has 0 unspecified atom stereocenters. The minimum absolute atomic E-state index is 0.136. The maximum absolute atomic E-state index is 13.8. The van der Waals surface area contributed by atoms with Crippen molar-refractivity contribution < 1.29 is 22.3 Å². The van der Waals surface area contributed by atoms with Crippen molar-refractivity contribution in [3.8, 4) is 5.75 Å². The average molecular weight is 324 g/mol. The molecular weight excluding hydrogens is 309 g/mol. The van der Waals surface area contributed by atoms with E-state index in [1.165, 1.54) is 0 Å². The minimum Gasteiger partial charge on any atom is -0.492 e.